The Morgan fingerprint density at radius 2 is 2.38 bits per heavy atom. The van der Waals surface area contributed by atoms with Gasteiger partial charge in [-0.05, 0) is 24.7 Å². The van der Waals surface area contributed by atoms with Crippen LogP contribution in [-0.2, 0) is 6.54 Å². The van der Waals surface area contributed by atoms with Crippen molar-refractivity contribution in [3.05, 3.63) is 12.7 Å². The minimum Gasteiger partial charge on any atom is -0.391 e. The van der Waals surface area contributed by atoms with Crippen LogP contribution >= 0.6 is 0 Å². The third-order valence-electron chi connectivity index (χ3n) is 2.81. The van der Waals surface area contributed by atoms with Gasteiger partial charge in [0.1, 0.15) is 12.7 Å². The Balaban J connectivity index is 1.86. The van der Waals surface area contributed by atoms with E-state index >= 15 is 0 Å². The van der Waals surface area contributed by atoms with E-state index in [2.05, 4.69) is 17.0 Å². The van der Waals surface area contributed by atoms with Gasteiger partial charge in [0.15, 0.2) is 0 Å². The van der Waals surface area contributed by atoms with Crippen molar-refractivity contribution in [2.75, 3.05) is 0 Å². The van der Waals surface area contributed by atoms with E-state index in [9.17, 15) is 5.11 Å². The molecule has 1 N–H and O–H groups in total. The summed E-state index contributed by atoms with van der Waals surface area (Å²) in [5.41, 5.74) is 0. The highest BCUT2D eigenvalue weighted by atomic mass is 16.3. The van der Waals surface area contributed by atoms with Gasteiger partial charge in [0.25, 0.3) is 0 Å². The fraction of sp³-hybridized carbons (Fsp3) is 0.778. The molecule has 0 spiro atoms. The molecule has 4 heteroatoms. The molecule has 1 saturated carbocycles. The molecular formula is C9H15N3O. The largest absolute Gasteiger partial charge is 0.391 e. The molecule has 0 radical (unpaired) electrons. The van der Waals surface area contributed by atoms with Crippen molar-refractivity contribution in [3.8, 4) is 0 Å². The molecule has 1 fully saturated rings. The highest BCUT2D eigenvalue weighted by Crippen LogP contribution is 2.38. The Morgan fingerprint density at radius 1 is 1.62 bits per heavy atom. The van der Waals surface area contributed by atoms with Crippen LogP contribution in [0.15, 0.2) is 12.7 Å². The number of nitrogens with zero attached hydrogens (tertiary/aromatic N) is 3. The molecule has 1 heterocycles. The first-order valence-electron chi connectivity index (χ1n) is 4.78. The van der Waals surface area contributed by atoms with E-state index in [1.807, 2.05) is 0 Å². The van der Waals surface area contributed by atoms with Crippen LogP contribution in [-0.4, -0.2) is 26.0 Å². The van der Waals surface area contributed by atoms with Crippen LogP contribution in [0.3, 0.4) is 0 Å². The summed E-state index contributed by atoms with van der Waals surface area (Å²) >= 11 is 0. The van der Waals surface area contributed by atoms with Crippen molar-refractivity contribution in [1.29, 1.82) is 0 Å². The van der Waals surface area contributed by atoms with E-state index < -0.39 is 0 Å². The molecule has 0 bridgehead atoms. The molecule has 72 valence electrons. The number of aliphatic hydroxyl groups is 1. The van der Waals surface area contributed by atoms with Crippen molar-refractivity contribution in [3.63, 3.8) is 0 Å². The highest BCUT2D eigenvalue weighted by molar-refractivity contribution is 4.82. The van der Waals surface area contributed by atoms with E-state index in [1.54, 1.807) is 11.0 Å². The highest BCUT2D eigenvalue weighted by Gasteiger charge is 2.32. The second-order valence-corrected chi connectivity index (χ2v) is 3.88. The standard InChI is InChI=1S/C9H15N3O/c1-7(8-2-3-8)9(13)4-12-6-10-5-11-12/h5-9,13H,2-4H2,1H3. The predicted molar refractivity (Wildman–Crippen MR) is 47.9 cm³/mol. The first-order valence-corrected chi connectivity index (χ1v) is 4.78. The Labute approximate surface area is 77.6 Å². The second-order valence-electron chi connectivity index (χ2n) is 3.88. The zero-order valence-electron chi connectivity index (χ0n) is 7.80. The van der Waals surface area contributed by atoms with Gasteiger partial charge in [-0.25, -0.2) is 4.98 Å². The summed E-state index contributed by atoms with van der Waals surface area (Å²) < 4.78 is 1.68. The summed E-state index contributed by atoms with van der Waals surface area (Å²) in [6.45, 7) is 2.68. The van der Waals surface area contributed by atoms with Crippen molar-refractivity contribution in [2.45, 2.75) is 32.4 Å². The molecule has 2 rings (SSSR count). The maximum Gasteiger partial charge on any atom is 0.137 e. The maximum atomic E-state index is 9.81. The number of hydrogen-bond acceptors (Lipinski definition) is 3. The van der Waals surface area contributed by atoms with Gasteiger partial charge < -0.3 is 5.11 Å². The average molecular weight is 181 g/mol. The predicted octanol–water partition coefficient (Wildman–Crippen LogP) is 0.685. The first-order chi connectivity index (χ1) is 6.27. The van der Waals surface area contributed by atoms with E-state index in [4.69, 9.17) is 0 Å². The lowest BCUT2D eigenvalue weighted by Crippen LogP contribution is -2.25. The Morgan fingerprint density at radius 3 is 2.92 bits per heavy atom. The van der Waals surface area contributed by atoms with Crippen LogP contribution in [0.25, 0.3) is 0 Å². The smallest absolute Gasteiger partial charge is 0.137 e. The van der Waals surface area contributed by atoms with Gasteiger partial charge >= 0.3 is 0 Å². The van der Waals surface area contributed by atoms with Crippen LogP contribution in [0.2, 0.25) is 0 Å². The topological polar surface area (TPSA) is 50.9 Å². The molecule has 1 aromatic rings. The lowest BCUT2D eigenvalue weighted by Gasteiger charge is -2.17. The molecule has 0 saturated heterocycles. The molecule has 2 atom stereocenters. The van der Waals surface area contributed by atoms with E-state index in [1.165, 1.54) is 19.2 Å². The molecule has 4 nitrogen and oxygen atoms in total. The van der Waals surface area contributed by atoms with E-state index in [0.717, 1.165) is 5.92 Å². The van der Waals surface area contributed by atoms with Crippen LogP contribution in [0, 0.1) is 11.8 Å². The van der Waals surface area contributed by atoms with Gasteiger partial charge in [-0.3, -0.25) is 4.68 Å². The molecule has 0 aromatic carbocycles. The van der Waals surface area contributed by atoms with Gasteiger partial charge in [0.2, 0.25) is 0 Å². The fourth-order valence-electron chi connectivity index (χ4n) is 1.62. The summed E-state index contributed by atoms with van der Waals surface area (Å²) in [7, 11) is 0. The molecule has 1 aliphatic rings. The Hall–Kier alpha value is -0.900. The number of rotatable bonds is 4. The zero-order chi connectivity index (χ0) is 9.26. The lowest BCUT2D eigenvalue weighted by atomic mass is 9.99. The summed E-state index contributed by atoms with van der Waals surface area (Å²) in [5.74, 6) is 1.13. The second kappa shape index (κ2) is 3.46. The van der Waals surface area contributed by atoms with Crippen molar-refractivity contribution in [2.24, 2.45) is 11.8 Å². The maximum absolute atomic E-state index is 9.81. The SMILES string of the molecule is CC(C(O)Cn1cncn1)C1CC1. The van der Waals surface area contributed by atoms with Gasteiger partial charge in [-0.2, -0.15) is 5.10 Å². The van der Waals surface area contributed by atoms with Gasteiger partial charge in [-0.1, -0.05) is 6.92 Å². The van der Waals surface area contributed by atoms with Crippen molar-refractivity contribution >= 4 is 0 Å². The summed E-state index contributed by atoms with van der Waals surface area (Å²) in [4.78, 5) is 3.84. The van der Waals surface area contributed by atoms with Crippen molar-refractivity contribution < 1.29 is 5.11 Å². The Bertz CT molecular complexity index is 256. The monoisotopic (exact) mass is 181 g/mol. The quantitative estimate of drug-likeness (QED) is 0.743. The van der Waals surface area contributed by atoms with Crippen LogP contribution in [0.1, 0.15) is 19.8 Å². The molecule has 1 aromatic heterocycles. The number of hydrogen-bond donors (Lipinski definition) is 1. The van der Waals surface area contributed by atoms with E-state index in [-0.39, 0.29) is 6.10 Å². The number of aromatic nitrogens is 3. The Kier molecular flexibility index (Phi) is 2.31. The molecule has 0 aliphatic heterocycles. The average Bonchev–Trinajstić information content (AvgIpc) is 2.85. The third kappa shape index (κ3) is 2.06. The third-order valence-corrected chi connectivity index (χ3v) is 2.81. The molecule has 0 amide bonds. The van der Waals surface area contributed by atoms with Crippen LogP contribution in [0.5, 0.6) is 0 Å². The molecule has 2 unspecified atom stereocenters. The van der Waals surface area contributed by atoms with Crippen LogP contribution in [0.4, 0.5) is 0 Å². The summed E-state index contributed by atoms with van der Waals surface area (Å²) in [6.07, 6.45) is 5.40. The minimum atomic E-state index is -0.283. The van der Waals surface area contributed by atoms with Gasteiger partial charge in [0.05, 0.1) is 12.6 Å². The first kappa shape index (κ1) is 8.69. The fourth-order valence-corrected chi connectivity index (χ4v) is 1.62. The van der Waals surface area contributed by atoms with Gasteiger partial charge in [0, 0.05) is 0 Å². The summed E-state index contributed by atoms with van der Waals surface area (Å²) in [6, 6.07) is 0. The zero-order valence-corrected chi connectivity index (χ0v) is 7.80. The molecule has 1 aliphatic carbocycles. The molecule has 13 heavy (non-hydrogen) atoms. The normalized spacial score (nSPS) is 21.4. The van der Waals surface area contributed by atoms with E-state index in [0.29, 0.717) is 12.5 Å². The summed E-state index contributed by atoms with van der Waals surface area (Å²) in [5, 5.41) is 13.8. The minimum absolute atomic E-state index is 0.283. The lowest BCUT2D eigenvalue weighted by molar-refractivity contribution is 0.0843. The van der Waals surface area contributed by atoms with Crippen molar-refractivity contribution in [1.82, 2.24) is 14.8 Å². The van der Waals surface area contributed by atoms with Gasteiger partial charge in [-0.15, -0.1) is 0 Å². The number of aliphatic hydroxyl groups excluding tert-OH is 1. The van der Waals surface area contributed by atoms with Crippen LogP contribution < -0.4 is 0 Å². The molecular weight excluding hydrogens is 166 g/mol.